The zero-order valence-corrected chi connectivity index (χ0v) is 12.8. The van der Waals surface area contributed by atoms with Gasteiger partial charge in [0.25, 0.3) is 5.91 Å². The van der Waals surface area contributed by atoms with Crippen molar-refractivity contribution >= 4 is 60.9 Å². The van der Waals surface area contributed by atoms with Gasteiger partial charge in [-0.1, -0.05) is 11.3 Å². The predicted octanol–water partition coefficient (Wildman–Crippen LogP) is 3.47. The van der Waals surface area contributed by atoms with Gasteiger partial charge in [0.05, 0.1) is 13.6 Å². The quantitative estimate of drug-likeness (QED) is 0.725. The molecule has 1 aromatic carbocycles. The van der Waals surface area contributed by atoms with Crippen molar-refractivity contribution < 1.29 is 9.90 Å². The number of halogens is 2. The smallest absolute Gasteiger partial charge is 0.257 e. The number of carbonyl (C=O) groups excluding carboxylic acids is 1. The summed E-state index contributed by atoms with van der Waals surface area (Å²) in [5.41, 5.74) is 0.397. The van der Waals surface area contributed by atoms with Gasteiger partial charge in [-0.2, -0.15) is 0 Å². The lowest BCUT2D eigenvalue weighted by Crippen LogP contribution is -2.11. The second-order valence-electron chi connectivity index (χ2n) is 3.09. The normalized spacial score (nSPS) is 10.2. The number of anilines is 1. The minimum absolute atomic E-state index is 0.0959. The molecular weight excluding hydrogens is 419 g/mol. The van der Waals surface area contributed by atoms with Crippen LogP contribution < -0.4 is 5.32 Å². The third kappa shape index (κ3) is 3.17. The summed E-state index contributed by atoms with van der Waals surface area (Å²) in [6.07, 6.45) is 1.62. The number of thiazole rings is 1. The zero-order valence-electron chi connectivity index (χ0n) is 8.28. The van der Waals surface area contributed by atoms with Crippen LogP contribution in [0, 0.1) is 3.57 Å². The number of amides is 1. The average molecular weight is 425 g/mol. The first-order valence-corrected chi connectivity index (χ1v) is 7.16. The molecule has 0 atom stereocenters. The predicted molar refractivity (Wildman–Crippen MR) is 78.6 cm³/mol. The van der Waals surface area contributed by atoms with Crippen molar-refractivity contribution in [1.29, 1.82) is 0 Å². The molecule has 2 aromatic rings. The first kappa shape index (κ1) is 12.8. The fraction of sp³-hybridized carbons (Fsp3) is 0. The maximum absolute atomic E-state index is 11.8. The third-order valence-electron chi connectivity index (χ3n) is 1.91. The van der Waals surface area contributed by atoms with Gasteiger partial charge >= 0.3 is 0 Å². The maximum Gasteiger partial charge on any atom is 0.257 e. The van der Waals surface area contributed by atoms with Crippen LogP contribution in [0.15, 0.2) is 28.2 Å². The molecule has 0 aliphatic rings. The van der Waals surface area contributed by atoms with E-state index in [9.17, 15) is 9.90 Å². The van der Waals surface area contributed by atoms with Gasteiger partial charge in [0.1, 0.15) is 5.75 Å². The zero-order chi connectivity index (χ0) is 12.4. The fourth-order valence-electron chi connectivity index (χ4n) is 1.14. The molecule has 0 bridgehead atoms. The van der Waals surface area contributed by atoms with Gasteiger partial charge in [0.2, 0.25) is 0 Å². The monoisotopic (exact) mass is 424 g/mol. The minimum Gasteiger partial charge on any atom is -0.507 e. The summed E-state index contributed by atoms with van der Waals surface area (Å²) in [6.45, 7) is 0. The van der Waals surface area contributed by atoms with Crippen molar-refractivity contribution in [2.45, 2.75) is 0 Å². The molecule has 17 heavy (non-hydrogen) atoms. The lowest BCUT2D eigenvalue weighted by atomic mass is 10.2. The number of hydrogen-bond acceptors (Lipinski definition) is 4. The van der Waals surface area contributed by atoms with Crippen LogP contribution in [0.2, 0.25) is 0 Å². The van der Waals surface area contributed by atoms with Crippen LogP contribution in [0.25, 0.3) is 0 Å². The Morgan fingerprint density at radius 3 is 2.88 bits per heavy atom. The third-order valence-corrected chi connectivity index (χ3v) is 4.21. The summed E-state index contributed by atoms with van der Waals surface area (Å²) < 4.78 is 1.55. The molecule has 2 rings (SSSR count). The van der Waals surface area contributed by atoms with Crippen LogP contribution in [-0.2, 0) is 0 Å². The van der Waals surface area contributed by atoms with Gasteiger partial charge in [-0.25, -0.2) is 4.98 Å². The molecule has 2 N–H and O–H groups in total. The highest BCUT2D eigenvalue weighted by molar-refractivity contribution is 14.1. The number of nitrogens with zero attached hydrogens (tertiary/aromatic N) is 1. The second kappa shape index (κ2) is 5.32. The number of benzene rings is 1. The van der Waals surface area contributed by atoms with Gasteiger partial charge in [-0.3, -0.25) is 10.1 Å². The fourth-order valence-corrected chi connectivity index (χ4v) is 2.57. The standard InChI is InChI=1S/C10H6BrIN2O2S/c11-8-4-13-10(17-8)14-9(16)5-1-2-6(12)7(15)3-5/h1-4,15H,(H,13,14,16). The molecule has 0 aliphatic heterocycles. The molecule has 1 heterocycles. The second-order valence-corrected chi connectivity index (χ2v) is 6.66. The molecule has 0 radical (unpaired) electrons. The SMILES string of the molecule is O=C(Nc1ncc(Br)s1)c1ccc(I)c(O)c1. The summed E-state index contributed by atoms with van der Waals surface area (Å²) in [7, 11) is 0. The Hall–Kier alpha value is -0.670. The van der Waals surface area contributed by atoms with Crippen molar-refractivity contribution in [3.8, 4) is 5.75 Å². The Morgan fingerprint density at radius 2 is 2.29 bits per heavy atom. The number of phenols is 1. The number of rotatable bonds is 2. The highest BCUT2D eigenvalue weighted by atomic mass is 127. The van der Waals surface area contributed by atoms with Gasteiger partial charge in [-0.05, 0) is 56.7 Å². The summed E-state index contributed by atoms with van der Waals surface area (Å²) in [4.78, 5) is 15.8. The van der Waals surface area contributed by atoms with Crippen molar-refractivity contribution in [2.24, 2.45) is 0 Å². The molecule has 1 amide bonds. The first-order chi connectivity index (χ1) is 8.06. The lowest BCUT2D eigenvalue weighted by Gasteiger charge is -2.03. The van der Waals surface area contributed by atoms with Gasteiger partial charge in [-0.15, -0.1) is 0 Å². The van der Waals surface area contributed by atoms with Crippen molar-refractivity contribution in [2.75, 3.05) is 5.32 Å². The molecule has 7 heteroatoms. The Labute approximate surface area is 123 Å². The van der Waals surface area contributed by atoms with Crippen LogP contribution in [-0.4, -0.2) is 16.0 Å². The first-order valence-electron chi connectivity index (χ1n) is 4.47. The summed E-state index contributed by atoms with van der Waals surface area (Å²) in [5, 5.41) is 12.7. The average Bonchev–Trinajstić information content (AvgIpc) is 2.68. The van der Waals surface area contributed by atoms with Gasteiger partial charge in [0.15, 0.2) is 5.13 Å². The number of nitrogens with one attached hydrogen (secondary N) is 1. The molecule has 0 unspecified atom stereocenters. The highest BCUT2D eigenvalue weighted by Gasteiger charge is 2.10. The molecule has 1 aromatic heterocycles. The topological polar surface area (TPSA) is 62.2 Å². The van der Waals surface area contributed by atoms with Crippen molar-refractivity contribution in [3.63, 3.8) is 0 Å². The summed E-state index contributed by atoms with van der Waals surface area (Å²) >= 11 is 6.58. The Bertz CT molecular complexity index is 573. The summed E-state index contributed by atoms with van der Waals surface area (Å²) in [5.74, 6) is -0.197. The number of aromatic nitrogens is 1. The number of phenolic OH excluding ortho intramolecular Hbond substituents is 1. The maximum atomic E-state index is 11.8. The van der Waals surface area contributed by atoms with E-state index in [1.165, 1.54) is 17.4 Å². The molecular formula is C10H6BrIN2O2S. The van der Waals surface area contributed by atoms with Crippen LogP contribution in [0.3, 0.4) is 0 Å². The highest BCUT2D eigenvalue weighted by Crippen LogP contribution is 2.25. The van der Waals surface area contributed by atoms with E-state index in [0.717, 1.165) is 3.79 Å². The molecule has 4 nitrogen and oxygen atoms in total. The van der Waals surface area contributed by atoms with Gasteiger partial charge in [0, 0.05) is 5.56 Å². The molecule has 0 saturated heterocycles. The minimum atomic E-state index is -0.293. The van der Waals surface area contributed by atoms with Crippen molar-refractivity contribution in [1.82, 2.24) is 4.98 Å². The molecule has 0 fully saturated rings. The molecule has 88 valence electrons. The van der Waals surface area contributed by atoms with Gasteiger partial charge < -0.3 is 5.11 Å². The van der Waals surface area contributed by atoms with E-state index in [2.05, 4.69) is 26.2 Å². The van der Waals surface area contributed by atoms with E-state index in [1.54, 1.807) is 18.3 Å². The molecule has 0 saturated carbocycles. The summed E-state index contributed by atoms with van der Waals surface area (Å²) in [6, 6.07) is 4.77. The Balaban J connectivity index is 2.17. The van der Waals surface area contributed by atoms with Crippen LogP contribution in [0.1, 0.15) is 10.4 Å². The lowest BCUT2D eigenvalue weighted by molar-refractivity contribution is 0.102. The van der Waals surface area contributed by atoms with Crippen LogP contribution in [0.5, 0.6) is 5.75 Å². The Morgan fingerprint density at radius 1 is 1.53 bits per heavy atom. The Kier molecular flexibility index (Phi) is 4.00. The van der Waals surface area contributed by atoms with Crippen LogP contribution >= 0.6 is 49.9 Å². The van der Waals surface area contributed by atoms with Crippen LogP contribution in [0.4, 0.5) is 5.13 Å². The molecule has 0 aliphatic carbocycles. The number of hydrogen-bond donors (Lipinski definition) is 2. The van der Waals surface area contributed by atoms with E-state index in [-0.39, 0.29) is 11.7 Å². The number of carbonyl (C=O) groups is 1. The van der Waals surface area contributed by atoms with Crippen molar-refractivity contribution in [3.05, 3.63) is 37.3 Å². The van der Waals surface area contributed by atoms with E-state index in [0.29, 0.717) is 14.3 Å². The molecule has 0 spiro atoms. The van der Waals surface area contributed by atoms with E-state index in [1.807, 2.05) is 22.6 Å². The van der Waals surface area contributed by atoms with E-state index < -0.39 is 0 Å². The number of aromatic hydroxyl groups is 1. The van der Waals surface area contributed by atoms with E-state index >= 15 is 0 Å². The van der Waals surface area contributed by atoms with E-state index in [4.69, 9.17) is 0 Å². The largest absolute Gasteiger partial charge is 0.507 e.